The Kier molecular flexibility index (Phi) is 3.83. The van der Waals surface area contributed by atoms with E-state index in [1.165, 1.54) is 6.07 Å². The molecule has 1 aliphatic heterocycles. The molecule has 3 rings (SSSR count). The van der Waals surface area contributed by atoms with Gasteiger partial charge >= 0.3 is 11.7 Å². The molecule has 0 aromatic carbocycles. The number of aryl methyl sites for hydroxylation is 1. The highest BCUT2D eigenvalue weighted by Crippen LogP contribution is 2.34. The lowest BCUT2D eigenvalue weighted by Gasteiger charge is -2.31. The number of hydrogen-bond acceptors (Lipinski definition) is 6. The molecule has 1 atom stereocenters. The second-order valence-corrected chi connectivity index (χ2v) is 8.75. The van der Waals surface area contributed by atoms with Crippen LogP contribution in [0.3, 0.4) is 0 Å². The molecule has 2 N–H and O–H groups in total. The second kappa shape index (κ2) is 5.44. The van der Waals surface area contributed by atoms with Gasteiger partial charge in [0, 0.05) is 0 Å². The van der Waals surface area contributed by atoms with Gasteiger partial charge in [0.25, 0.3) is 10.0 Å². The van der Waals surface area contributed by atoms with Crippen molar-refractivity contribution in [1.29, 1.82) is 0 Å². The Morgan fingerprint density at radius 3 is 2.83 bits per heavy atom. The Balaban J connectivity index is 2.09. The highest BCUT2D eigenvalue weighted by atomic mass is 35.5. The molecule has 2 aromatic rings. The van der Waals surface area contributed by atoms with Gasteiger partial charge in [-0.2, -0.15) is 9.40 Å². The Labute approximate surface area is 139 Å². The molecular weight excluding hydrogens is 368 g/mol. The van der Waals surface area contributed by atoms with E-state index >= 15 is 0 Å². The Hall–Kier alpha value is -1.69. The van der Waals surface area contributed by atoms with Gasteiger partial charge in [-0.25, -0.2) is 18.3 Å². The summed E-state index contributed by atoms with van der Waals surface area (Å²) in [5.74, 6) is -1.18. The van der Waals surface area contributed by atoms with Crippen LogP contribution in [0.1, 0.15) is 11.4 Å². The Morgan fingerprint density at radius 2 is 2.26 bits per heavy atom. The number of aliphatic carboxylic acids is 1. The van der Waals surface area contributed by atoms with Crippen LogP contribution in [0.5, 0.6) is 0 Å². The first-order valence-corrected chi connectivity index (χ1v) is 9.00. The summed E-state index contributed by atoms with van der Waals surface area (Å²) in [6, 6.07) is -0.00278. The van der Waals surface area contributed by atoms with Crippen LogP contribution >= 0.6 is 22.9 Å². The molecule has 124 valence electrons. The van der Waals surface area contributed by atoms with Crippen LogP contribution in [0.25, 0.3) is 0 Å². The molecule has 0 aliphatic carbocycles. The summed E-state index contributed by atoms with van der Waals surface area (Å²) in [5, 5.41) is 15.3. The maximum absolute atomic E-state index is 12.8. The average Bonchev–Trinajstić information content (AvgIpc) is 3.02. The number of sulfonamides is 1. The number of rotatable bonds is 3. The van der Waals surface area contributed by atoms with Crippen LogP contribution in [0, 0.1) is 6.92 Å². The van der Waals surface area contributed by atoms with Crippen LogP contribution in [-0.4, -0.2) is 44.6 Å². The van der Waals surface area contributed by atoms with Crippen molar-refractivity contribution in [2.45, 2.75) is 30.3 Å². The van der Waals surface area contributed by atoms with Gasteiger partial charge in [0.05, 0.1) is 17.4 Å². The summed E-state index contributed by atoms with van der Waals surface area (Å²) in [7, 11) is -4.07. The van der Waals surface area contributed by atoms with E-state index in [9.17, 15) is 23.1 Å². The van der Waals surface area contributed by atoms with Crippen molar-refractivity contribution >= 4 is 38.9 Å². The zero-order valence-corrected chi connectivity index (χ0v) is 14.1. The van der Waals surface area contributed by atoms with Crippen molar-refractivity contribution in [3.8, 4) is 0 Å². The standard InChI is InChI=1S/C11H11ClN4O5S2/c1-5-2-8(22-9(5)12)23(20,21)16-4-7-13-14-11(19)15(7)3-6(16)10(17)18/h2,6H,3-4H2,1H3,(H,14,19)(H,17,18). The molecule has 0 saturated heterocycles. The number of nitrogens with zero attached hydrogens (tertiary/aromatic N) is 3. The van der Waals surface area contributed by atoms with Crippen molar-refractivity contribution in [2.24, 2.45) is 0 Å². The summed E-state index contributed by atoms with van der Waals surface area (Å²) in [6.07, 6.45) is 0. The fourth-order valence-electron chi connectivity index (χ4n) is 2.30. The predicted molar refractivity (Wildman–Crippen MR) is 81.1 cm³/mol. The highest BCUT2D eigenvalue weighted by molar-refractivity contribution is 7.91. The van der Waals surface area contributed by atoms with Crippen molar-refractivity contribution in [2.75, 3.05) is 0 Å². The molecule has 0 amide bonds. The summed E-state index contributed by atoms with van der Waals surface area (Å²) in [6.45, 7) is 1.04. The van der Waals surface area contributed by atoms with Gasteiger partial charge in [-0.15, -0.1) is 11.3 Å². The third-order valence-corrected chi connectivity index (χ3v) is 7.38. The van der Waals surface area contributed by atoms with Gasteiger partial charge in [-0.05, 0) is 18.6 Å². The lowest BCUT2D eigenvalue weighted by atomic mass is 10.2. The molecule has 9 nitrogen and oxygen atoms in total. The van der Waals surface area contributed by atoms with Gasteiger partial charge in [0.2, 0.25) is 0 Å². The predicted octanol–water partition coefficient (Wildman–Crippen LogP) is 0.252. The first-order chi connectivity index (χ1) is 10.7. The van der Waals surface area contributed by atoms with Crippen LogP contribution in [0.4, 0.5) is 0 Å². The maximum atomic E-state index is 12.8. The first kappa shape index (κ1) is 16.2. The minimum Gasteiger partial charge on any atom is -0.480 e. The number of halogens is 1. The van der Waals surface area contributed by atoms with Crippen molar-refractivity contribution < 1.29 is 18.3 Å². The van der Waals surface area contributed by atoms with Gasteiger partial charge in [-0.1, -0.05) is 11.6 Å². The van der Waals surface area contributed by atoms with E-state index in [0.29, 0.717) is 9.90 Å². The molecule has 0 fully saturated rings. The van der Waals surface area contributed by atoms with Crippen molar-refractivity contribution in [1.82, 2.24) is 19.1 Å². The van der Waals surface area contributed by atoms with Crippen molar-refractivity contribution in [3.05, 3.63) is 32.3 Å². The summed E-state index contributed by atoms with van der Waals surface area (Å²) in [4.78, 5) is 23.1. The number of thiophene rings is 1. The SMILES string of the molecule is Cc1cc(S(=O)(=O)N2Cc3n[nH]c(=O)n3CC2C(=O)O)sc1Cl. The molecule has 23 heavy (non-hydrogen) atoms. The molecule has 1 aliphatic rings. The van der Waals surface area contributed by atoms with E-state index in [0.717, 1.165) is 20.2 Å². The minimum absolute atomic E-state index is 0.0439. The van der Waals surface area contributed by atoms with E-state index in [-0.39, 0.29) is 23.1 Å². The van der Waals surface area contributed by atoms with Crippen LogP contribution in [0.15, 0.2) is 15.1 Å². The number of hydrogen-bond donors (Lipinski definition) is 2. The van der Waals surface area contributed by atoms with E-state index in [4.69, 9.17) is 11.6 Å². The summed E-state index contributed by atoms with van der Waals surface area (Å²) in [5.41, 5.74) is 0.0223. The molecule has 0 saturated carbocycles. The van der Waals surface area contributed by atoms with Gasteiger partial charge in [0.15, 0.2) is 0 Å². The maximum Gasteiger partial charge on any atom is 0.343 e. The van der Waals surface area contributed by atoms with Gasteiger partial charge in [-0.3, -0.25) is 9.36 Å². The summed E-state index contributed by atoms with van der Waals surface area (Å²) >= 11 is 6.78. The molecule has 0 bridgehead atoms. The topological polar surface area (TPSA) is 125 Å². The molecular formula is C11H11ClN4O5S2. The molecule has 12 heteroatoms. The Bertz CT molecular complexity index is 925. The highest BCUT2D eigenvalue weighted by Gasteiger charge is 2.42. The largest absolute Gasteiger partial charge is 0.480 e. The number of H-pyrrole nitrogens is 1. The van der Waals surface area contributed by atoms with Gasteiger partial charge < -0.3 is 5.11 Å². The molecule has 0 spiro atoms. The number of aromatic amines is 1. The normalized spacial score (nSPS) is 18.8. The van der Waals surface area contributed by atoms with Crippen LogP contribution < -0.4 is 5.69 Å². The summed E-state index contributed by atoms with van der Waals surface area (Å²) < 4.78 is 27.8. The van der Waals surface area contributed by atoms with E-state index < -0.39 is 27.7 Å². The zero-order valence-electron chi connectivity index (χ0n) is 11.7. The lowest BCUT2D eigenvalue weighted by molar-refractivity contribution is -0.142. The second-order valence-electron chi connectivity index (χ2n) is 4.98. The third-order valence-electron chi connectivity index (χ3n) is 3.52. The molecule has 0 radical (unpaired) electrons. The number of aromatic nitrogens is 3. The number of fused-ring (bicyclic) bond motifs is 1. The number of carbonyl (C=O) groups is 1. The number of carboxylic acids is 1. The smallest absolute Gasteiger partial charge is 0.343 e. The average molecular weight is 379 g/mol. The first-order valence-electron chi connectivity index (χ1n) is 6.36. The fraction of sp³-hybridized carbons (Fsp3) is 0.364. The molecule has 3 heterocycles. The van der Waals surface area contributed by atoms with E-state index in [1.54, 1.807) is 6.92 Å². The monoisotopic (exact) mass is 378 g/mol. The van der Waals surface area contributed by atoms with E-state index in [1.807, 2.05) is 0 Å². The fourth-order valence-corrected chi connectivity index (χ4v) is 5.67. The minimum atomic E-state index is -4.07. The molecule has 2 aromatic heterocycles. The lowest BCUT2D eigenvalue weighted by Crippen LogP contribution is -2.51. The zero-order chi connectivity index (χ0) is 16.9. The van der Waals surface area contributed by atoms with Gasteiger partial charge in [0.1, 0.15) is 16.1 Å². The van der Waals surface area contributed by atoms with Crippen LogP contribution in [-0.2, 0) is 27.9 Å². The van der Waals surface area contributed by atoms with Crippen LogP contribution in [0.2, 0.25) is 4.34 Å². The third kappa shape index (κ3) is 2.59. The number of carboxylic acid groups (broad SMARTS) is 1. The Morgan fingerprint density at radius 1 is 1.57 bits per heavy atom. The number of nitrogens with one attached hydrogen (secondary N) is 1. The van der Waals surface area contributed by atoms with E-state index in [2.05, 4.69) is 10.2 Å². The quantitative estimate of drug-likeness (QED) is 0.788. The molecule has 1 unspecified atom stereocenters. The van der Waals surface area contributed by atoms with Crippen molar-refractivity contribution in [3.63, 3.8) is 0 Å².